The fourth-order valence-corrected chi connectivity index (χ4v) is 3.76. The Morgan fingerprint density at radius 1 is 1.25 bits per heavy atom. The molecule has 7 nitrogen and oxygen atoms in total. The predicted molar refractivity (Wildman–Crippen MR) is 107 cm³/mol. The Labute approximate surface area is 165 Å². The van der Waals surface area contributed by atoms with Crippen LogP contribution in [-0.2, 0) is 17.9 Å². The Hall–Kier alpha value is -2.93. The van der Waals surface area contributed by atoms with E-state index in [9.17, 15) is 4.79 Å². The van der Waals surface area contributed by atoms with Crippen molar-refractivity contribution in [2.75, 3.05) is 20.1 Å². The Kier molecular flexibility index (Phi) is 5.53. The lowest BCUT2D eigenvalue weighted by molar-refractivity contribution is -0.131. The summed E-state index contributed by atoms with van der Waals surface area (Å²) >= 11 is 0. The Bertz CT molecular complexity index is 911. The van der Waals surface area contributed by atoms with Gasteiger partial charge in [0.2, 0.25) is 5.91 Å². The highest BCUT2D eigenvalue weighted by molar-refractivity contribution is 5.75. The van der Waals surface area contributed by atoms with Crippen molar-refractivity contribution in [3.8, 4) is 5.69 Å². The van der Waals surface area contributed by atoms with Gasteiger partial charge in [0.1, 0.15) is 6.54 Å². The van der Waals surface area contributed by atoms with E-state index in [1.54, 1.807) is 17.3 Å². The summed E-state index contributed by atoms with van der Waals surface area (Å²) in [4.78, 5) is 14.6. The lowest BCUT2D eigenvalue weighted by Crippen LogP contribution is -2.33. The first-order chi connectivity index (χ1) is 13.7. The summed E-state index contributed by atoms with van der Waals surface area (Å²) in [5.74, 6) is 0.485. The van der Waals surface area contributed by atoms with Gasteiger partial charge >= 0.3 is 0 Å². The zero-order valence-corrected chi connectivity index (χ0v) is 16.2. The monoisotopic (exact) mass is 378 g/mol. The molecule has 1 fully saturated rings. The van der Waals surface area contributed by atoms with Gasteiger partial charge in [0.15, 0.2) is 0 Å². The van der Waals surface area contributed by atoms with Crippen molar-refractivity contribution >= 4 is 5.91 Å². The van der Waals surface area contributed by atoms with Crippen LogP contribution < -0.4 is 5.32 Å². The van der Waals surface area contributed by atoms with E-state index >= 15 is 0 Å². The van der Waals surface area contributed by atoms with Gasteiger partial charge in [-0.25, -0.2) is 4.68 Å². The van der Waals surface area contributed by atoms with Crippen LogP contribution in [0.1, 0.15) is 30.0 Å². The zero-order chi connectivity index (χ0) is 19.3. The van der Waals surface area contributed by atoms with Gasteiger partial charge in [-0.3, -0.25) is 9.48 Å². The first-order valence-electron chi connectivity index (χ1n) is 9.76. The molecular weight excluding hydrogens is 352 g/mol. The zero-order valence-electron chi connectivity index (χ0n) is 16.2. The standard InChI is InChI=1S/C21H26N6O/c1-25(15-17-5-2-7-19(13-17)26-12-4-10-23-26)21(28)16-27-20(8-11-24-27)18-6-3-9-22-14-18/h2,4-5,7-8,10-13,18,22H,3,6,9,14-16H2,1H3/t18-/m1/s1. The average molecular weight is 378 g/mol. The van der Waals surface area contributed by atoms with E-state index in [1.165, 1.54) is 0 Å². The minimum Gasteiger partial charge on any atom is -0.340 e. The lowest BCUT2D eigenvalue weighted by atomic mass is 9.96. The summed E-state index contributed by atoms with van der Waals surface area (Å²) < 4.78 is 3.68. The van der Waals surface area contributed by atoms with Gasteiger partial charge in [0.05, 0.1) is 5.69 Å². The number of nitrogens with one attached hydrogen (secondary N) is 1. The second-order valence-electron chi connectivity index (χ2n) is 7.33. The Balaban J connectivity index is 1.41. The molecule has 3 aromatic rings. The van der Waals surface area contributed by atoms with Gasteiger partial charge in [-0.1, -0.05) is 12.1 Å². The summed E-state index contributed by atoms with van der Waals surface area (Å²) in [6.45, 7) is 2.85. The van der Waals surface area contributed by atoms with E-state index in [2.05, 4.69) is 21.6 Å². The molecule has 0 aliphatic carbocycles. The van der Waals surface area contributed by atoms with Crippen molar-refractivity contribution in [3.63, 3.8) is 0 Å². The molecule has 0 unspecified atom stereocenters. The molecule has 0 radical (unpaired) electrons. The van der Waals surface area contributed by atoms with E-state index in [0.29, 0.717) is 12.5 Å². The van der Waals surface area contributed by atoms with Crippen LogP contribution >= 0.6 is 0 Å². The number of rotatable bonds is 6. The van der Waals surface area contributed by atoms with Crippen molar-refractivity contribution in [1.82, 2.24) is 29.8 Å². The third-order valence-electron chi connectivity index (χ3n) is 5.27. The van der Waals surface area contributed by atoms with Crippen LogP contribution in [-0.4, -0.2) is 50.5 Å². The quantitative estimate of drug-likeness (QED) is 0.714. The summed E-state index contributed by atoms with van der Waals surface area (Å²) in [7, 11) is 1.84. The maximum atomic E-state index is 12.8. The number of hydrogen-bond acceptors (Lipinski definition) is 4. The van der Waals surface area contributed by atoms with Crippen LogP contribution in [0.5, 0.6) is 0 Å². The summed E-state index contributed by atoms with van der Waals surface area (Å²) in [6.07, 6.45) is 7.77. The van der Waals surface area contributed by atoms with Crippen LogP contribution in [0.4, 0.5) is 0 Å². The molecular formula is C21H26N6O. The van der Waals surface area contributed by atoms with E-state index in [1.807, 2.05) is 52.9 Å². The number of amides is 1. The normalized spacial score (nSPS) is 16.8. The fourth-order valence-electron chi connectivity index (χ4n) is 3.76. The van der Waals surface area contributed by atoms with Gasteiger partial charge in [-0.2, -0.15) is 10.2 Å². The van der Waals surface area contributed by atoms with Crippen LogP contribution in [0, 0.1) is 0 Å². The Morgan fingerprint density at radius 2 is 2.18 bits per heavy atom. The highest BCUT2D eigenvalue weighted by Crippen LogP contribution is 2.23. The first kappa shape index (κ1) is 18.4. The third kappa shape index (κ3) is 4.14. The van der Waals surface area contributed by atoms with E-state index in [-0.39, 0.29) is 12.5 Å². The molecule has 0 spiro atoms. The predicted octanol–water partition coefficient (Wildman–Crippen LogP) is 2.19. The topological polar surface area (TPSA) is 68.0 Å². The fraction of sp³-hybridized carbons (Fsp3) is 0.381. The third-order valence-corrected chi connectivity index (χ3v) is 5.27. The number of benzene rings is 1. The number of hydrogen-bond donors (Lipinski definition) is 1. The van der Waals surface area contributed by atoms with Crippen molar-refractivity contribution < 1.29 is 4.79 Å². The molecule has 2 aromatic heterocycles. The van der Waals surface area contributed by atoms with E-state index in [4.69, 9.17) is 0 Å². The van der Waals surface area contributed by atoms with Gasteiger partial charge < -0.3 is 10.2 Å². The number of carbonyl (C=O) groups is 1. The lowest BCUT2D eigenvalue weighted by Gasteiger charge is -2.24. The molecule has 0 saturated carbocycles. The molecule has 1 aliphatic rings. The van der Waals surface area contributed by atoms with Crippen LogP contribution in [0.2, 0.25) is 0 Å². The molecule has 3 heterocycles. The molecule has 1 aromatic carbocycles. The number of nitrogens with zero attached hydrogens (tertiary/aromatic N) is 5. The van der Waals surface area contributed by atoms with Crippen LogP contribution in [0.25, 0.3) is 5.69 Å². The maximum Gasteiger partial charge on any atom is 0.244 e. The molecule has 1 aliphatic heterocycles. The molecule has 146 valence electrons. The SMILES string of the molecule is CN(Cc1cccc(-n2cccn2)c1)C(=O)Cn1nccc1[C@@H]1CCCNC1. The molecule has 1 atom stereocenters. The largest absolute Gasteiger partial charge is 0.340 e. The molecule has 4 rings (SSSR count). The number of aromatic nitrogens is 4. The van der Waals surface area contributed by atoms with Crippen molar-refractivity contribution in [3.05, 3.63) is 66.2 Å². The number of carbonyl (C=O) groups excluding carboxylic acids is 1. The molecule has 0 bridgehead atoms. The van der Waals surface area contributed by atoms with Crippen LogP contribution in [0.3, 0.4) is 0 Å². The van der Waals surface area contributed by atoms with Gasteiger partial charge in [-0.05, 0) is 49.2 Å². The minimum absolute atomic E-state index is 0.0539. The molecule has 1 amide bonds. The highest BCUT2D eigenvalue weighted by atomic mass is 16.2. The van der Waals surface area contributed by atoms with E-state index < -0.39 is 0 Å². The smallest absolute Gasteiger partial charge is 0.244 e. The molecule has 28 heavy (non-hydrogen) atoms. The summed E-state index contributed by atoms with van der Waals surface area (Å²) in [5, 5.41) is 12.1. The molecule has 1 N–H and O–H groups in total. The molecule has 7 heteroatoms. The number of likely N-dealkylation sites (N-methyl/N-ethyl adjacent to an activating group) is 1. The second kappa shape index (κ2) is 8.39. The van der Waals surface area contributed by atoms with Gasteiger partial charge in [0.25, 0.3) is 0 Å². The van der Waals surface area contributed by atoms with E-state index in [0.717, 1.165) is 42.9 Å². The second-order valence-corrected chi connectivity index (χ2v) is 7.33. The minimum atomic E-state index is 0.0539. The van der Waals surface area contributed by atoms with Gasteiger partial charge in [-0.15, -0.1) is 0 Å². The van der Waals surface area contributed by atoms with Crippen molar-refractivity contribution in [1.29, 1.82) is 0 Å². The average Bonchev–Trinajstić information content (AvgIpc) is 3.41. The first-order valence-corrected chi connectivity index (χ1v) is 9.76. The van der Waals surface area contributed by atoms with Crippen molar-refractivity contribution in [2.24, 2.45) is 0 Å². The Morgan fingerprint density at radius 3 is 2.96 bits per heavy atom. The van der Waals surface area contributed by atoms with Gasteiger partial charge in [0, 0.05) is 50.3 Å². The van der Waals surface area contributed by atoms with Crippen LogP contribution in [0.15, 0.2) is 55.0 Å². The summed E-state index contributed by atoms with van der Waals surface area (Å²) in [6, 6.07) is 12.0. The highest BCUT2D eigenvalue weighted by Gasteiger charge is 2.21. The summed E-state index contributed by atoms with van der Waals surface area (Å²) in [5.41, 5.74) is 3.21. The maximum absolute atomic E-state index is 12.8. The molecule has 1 saturated heterocycles. The van der Waals surface area contributed by atoms with Crippen molar-refractivity contribution in [2.45, 2.75) is 31.8 Å². The number of piperidine rings is 1.